The van der Waals surface area contributed by atoms with Crippen LogP contribution in [0.4, 0.5) is 4.39 Å². The molecule has 1 aliphatic heterocycles. The molecule has 0 aromatic heterocycles. The van der Waals surface area contributed by atoms with Crippen LogP contribution in [0.2, 0.25) is 0 Å². The fourth-order valence-electron chi connectivity index (χ4n) is 2.53. The quantitative estimate of drug-likeness (QED) is 0.848. The van der Waals surface area contributed by atoms with Crippen LogP contribution in [-0.4, -0.2) is 41.4 Å². The first-order valence-corrected chi connectivity index (χ1v) is 7.82. The Kier molecular flexibility index (Phi) is 5.05. The minimum Gasteiger partial charge on any atom is -0.481 e. The highest BCUT2D eigenvalue weighted by molar-refractivity contribution is 7.99. The maximum atomic E-state index is 12.8. The number of carboxylic acids is 1. The van der Waals surface area contributed by atoms with Gasteiger partial charge in [0, 0.05) is 23.7 Å². The minimum atomic E-state index is -0.701. The van der Waals surface area contributed by atoms with Crippen LogP contribution in [0.3, 0.4) is 0 Å². The van der Waals surface area contributed by atoms with Crippen LogP contribution in [0.15, 0.2) is 29.2 Å². The van der Waals surface area contributed by atoms with Gasteiger partial charge in [-0.15, -0.1) is 11.8 Å². The molecule has 1 fully saturated rings. The van der Waals surface area contributed by atoms with Gasteiger partial charge in [0.05, 0.1) is 5.41 Å². The zero-order valence-corrected chi connectivity index (χ0v) is 12.5. The molecule has 0 radical (unpaired) electrons. The lowest BCUT2D eigenvalue weighted by atomic mass is 9.82. The van der Waals surface area contributed by atoms with E-state index >= 15 is 0 Å². The average molecular weight is 297 g/mol. The van der Waals surface area contributed by atoms with Crippen LogP contribution in [0.5, 0.6) is 0 Å². The Balaban J connectivity index is 1.79. The molecular weight excluding hydrogens is 277 g/mol. The number of halogens is 1. The summed E-state index contributed by atoms with van der Waals surface area (Å²) >= 11 is 1.68. The number of hydrogen-bond donors (Lipinski definition) is 1. The molecule has 1 aromatic rings. The first-order chi connectivity index (χ1) is 9.49. The molecule has 0 spiro atoms. The molecule has 1 aliphatic rings. The number of likely N-dealkylation sites (tertiary alicyclic amines) is 1. The molecule has 0 aliphatic carbocycles. The van der Waals surface area contributed by atoms with E-state index in [2.05, 4.69) is 4.90 Å². The molecule has 1 atom stereocenters. The van der Waals surface area contributed by atoms with Crippen molar-refractivity contribution in [3.05, 3.63) is 30.1 Å². The largest absolute Gasteiger partial charge is 0.481 e. The number of rotatable bonds is 5. The fourth-order valence-corrected chi connectivity index (χ4v) is 3.45. The Morgan fingerprint density at radius 1 is 1.45 bits per heavy atom. The topological polar surface area (TPSA) is 40.5 Å². The van der Waals surface area contributed by atoms with Crippen molar-refractivity contribution in [3.8, 4) is 0 Å². The van der Waals surface area contributed by atoms with Crippen LogP contribution in [0.25, 0.3) is 0 Å². The highest BCUT2D eigenvalue weighted by Crippen LogP contribution is 2.30. The van der Waals surface area contributed by atoms with Crippen molar-refractivity contribution in [1.29, 1.82) is 0 Å². The van der Waals surface area contributed by atoms with E-state index in [0.29, 0.717) is 6.54 Å². The summed E-state index contributed by atoms with van der Waals surface area (Å²) in [6.07, 6.45) is 1.69. The third-order valence-corrected chi connectivity index (χ3v) is 4.77. The molecule has 2 rings (SSSR count). The van der Waals surface area contributed by atoms with Crippen LogP contribution in [-0.2, 0) is 4.79 Å². The predicted octanol–water partition coefficient (Wildman–Crippen LogP) is 3.10. The highest BCUT2D eigenvalue weighted by Gasteiger charge is 2.37. The molecule has 20 heavy (non-hydrogen) atoms. The van der Waals surface area contributed by atoms with Crippen molar-refractivity contribution < 1.29 is 14.3 Å². The van der Waals surface area contributed by atoms with E-state index in [1.807, 2.05) is 6.92 Å². The molecule has 5 heteroatoms. The number of carbonyl (C=O) groups is 1. The van der Waals surface area contributed by atoms with Gasteiger partial charge in [-0.2, -0.15) is 0 Å². The minimum absolute atomic E-state index is 0.220. The second-order valence-electron chi connectivity index (χ2n) is 5.55. The molecular formula is C15H20FNO2S. The van der Waals surface area contributed by atoms with Crippen LogP contribution >= 0.6 is 11.8 Å². The smallest absolute Gasteiger partial charge is 0.310 e. The molecule has 1 aromatic carbocycles. The summed E-state index contributed by atoms with van der Waals surface area (Å²) < 4.78 is 12.8. The van der Waals surface area contributed by atoms with Crippen molar-refractivity contribution in [2.45, 2.75) is 24.7 Å². The third kappa shape index (κ3) is 3.96. The van der Waals surface area contributed by atoms with Crippen LogP contribution < -0.4 is 0 Å². The van der Waals surface area contributed by atoms with Gasteiger partial charge in [-0.25, -0.2) is 4.39 Å². The van der Waals surface area contributed by atoms with Gasteiger partial charge >= 0.3 is 5.97 Å². The Hall–Kier alpha value is -1.07. The van der Waals surface area contributed by atoms with Gasteiger partial charge < -0.3 is 10.0 Å². The van der Waals surface area contributed by atoms with E-state index < -0.39 is 11.4 Å². The first-order valence-electron chi connectivity index (χ1n) is 6.84. The molecule has 0 saturated carbocycles. The van der Waals surface area contributed by atoms with Crippen LogP contribution in [0.1, 0.15) is 19.8 Å². The van der Waals surface area contributed by atoms with Crippen molar-refractivity contribution in [2.24, 2.45) is 5.41 Å². The number of carboxylic acid groups (broad SMARTS) is 1. The number of piperidine rings is 1. The molecule has 0 bridgehead atoms. The van der Waals surface area contributed by atoms with Crippen molar-refractivity contribution in [3.63, 3.8) is 0 Å². The van der Waals surface area contributed by atoms with Crippen molar-refractivity contribution >= 4 is 17.7 Å². The molecule has 110 valence electrons. The van der Waals surface area contributed by atoms with E-state index in [1.165, 1.54) is 12.1 Å². The Morgan fingerprint density at radius 3 is 2.80 bits per heavy atom. The zero-order valence-electron chi connectivity index (χ0n) is 11.6. The van der Waals surface area contributed by atoms with Gasteiger partial charge in [0.15, 0.2) is 0 Å². The second kappa shape index (κ2) is 6.59. The lowest BCUT2D eigenvalue weighted by Crippen LogP contribution is -2.46. The summed E-state index contributed by atoms with van der Waals surface area (Å²) in [6, 6.07) is 6.48. The van der Waals surface area contributed by atoms with Gasteiger partial charge in [0.25, 0.3) is 0 Å². The van der Waals surface area contributed by atoms with Gasteiger partial charge in [0.1, 0.15) is 5.82 Å². The van der Waals surface area contributed by atoms with E-state index in [9.17, 15) is 14.3 Å². The predicted molar refractivity (Wildman–Crippen MR) is 78.5 cm³/mol. The van der Waals surface area contributed by atoms with Gasteiger partial charge in [0.2, 0.25) is 0 Å². The Morgan fingerprint density at radius 2 is 2.15 bits per heavy atom. The van der Waals surface area contributed by atoms with Gasteiger partial charge in [-0.3, -0.25) is 4.79 Å². The summed E-state index contributed by atoms with van der Waals surface area (Å²) in [4.78, 5) is 14.5. The summed E-state index contributed by atoms with van der Waals surface area (Å²) in [5.41, 5.74) is -0.612. The normalized spacial score (nSPS) is 23.7. The standard InChI is InChI=1S/C15H20FNO2S/c1-15(14(18)19)7-2-8-17(11-15)9-10-20-13-5-3-12(16)4-6-13/h3-6H,2,7-11H2,1H3,(H,18,19). The molecule has 1 unspecified atom stereocenters. The highest BCUT2D eigenvalue weighted by atomic mass is 32.2. The summed E-state index contributed by atoms with van der Waals surface area (Å²) in [5, 5.41) is 9.28. The lowest BCUT2D eigenvalue weighted by molar-refractivity contribution is -0.151. The first kappa shape index (κ1) is 15.3. The Labute approximate surface area is 123 Å². The van der Waals surface area contributed by atoms with Crippen LogP contribution in [0, 0.1) is 11.2 Å². The average Bonchev–Trinajstić information content (AvgIpc) is 2.41. The van der Waals surface area contributed by atoms with E-state index in [0.717, 1.165) is 36.6 Å². The maximum Gasteiger partial charge on any atom is 0.310 e. The van der Waals surface area contributed by atoms with E-state index in [4.69, 9.17) is 0 Å². The second-order valence-corrected chi connectivity index (χ2v) is 6.72. The molecule has 1 N–H and O–H groups in total. The maximum absolute atomic E-state index is 12.8. The molecule has 1 saturated heterocycles. The number of aliphatic carboxylic acids is 1. The summed E-state index contributed by atoms with van der Waals surface area (Å²) in [6.45, 7) is 4.28. The summed E-state index contributed by atoms with van der Waals surface area (Å²) in [7, 11) is 0. The van der Waals surface area contributed by atoms with Gasteiger partial charge in [-0.05, 0) is 50.6 Å². The number of nitrogens with zero attached hydrogens (tertiary/aromatic N) is 1. The third-order valence-electron chi connectivity index (χ3n) is 3.78. The SMILES string of the molecule is CC1(C(=O)O)CCCN(CCSc2ccc(F)cc2)C1. The zero-order chi connectivity index (χ0) is 14.6. The van der Waals surface area contributed by atoms with Crippen molar-refractivity contribution in [2.75, 3.05) is 25.4 Å². The monoisotopic (exact) mass is 297 g/mol. The van der Waals surface area contributed by atoms with Gasteiger partial charge in [-0.1, -0.05) is 0 Å². The fraction of sp³-hybridized carbons (Fsp3) is 0.533. The Bertz CT molecular complexity index is 465. The number of hydrogen-bond acceptors (Lipinski definition) is 3. The van der Waals surface area contributed by atoms with E-state index in [1.54, 1.807) is 23.9 Å². The van der Waals surface area contributed by atoms with E-state index in [-0.39, 0.29) is 5.82 Å². The molecule has 3 nitrogen and oxygen atoms in total. The molecule has 1 heterocycles. The number of thioether (sulfide) groups is 1. The van der Waals surface area contributed by atoms with Crippen molar-refractivity contribution in [1.82, 2.24) is 4.90 Å². The summed E-state index contributed by atoms with van der Waals surface area (Å²) in [5.74, 6) is -0.0302. The molecule has 0 amide bonds. The number of benzene rings is 1. The lowest BCUT2D eigenvalue weighted by Gasteiger charge is -2.37.